The van der Waals surface area contributed by atoms with Crippen LogP contribution in [0.2, 0.25) is 0 Å². The van der Waals surface area contributed by atoms with Crippen LogP contribution in [-0.4, -0.2) is 17.0 Å². The van der Waals surface area contributed by atoms with Gasteiger partial charge in [-0.05, 0) is 0 Å². The smallest absolute Gasteiger partial charge is 0.261 e. The molecule has 0 amide bonds. The predicted octanol–water partition coefficient (Wildman–Crippen LogP) is 1.73. The molecule has 1 aliphatic heterocycles. The van der Waals surface area contributed by atoms with Gasteiger partial charge in [-0.2, -0.15) is 13.2 Å². The highest BCUT2D eigenvalue weighted by molar-refractivity contribution is 8.14. The Balaban J connectivity index is 2.61. The lowest BCUT2D eigenvalue weighted by molar-refractivity contribution is -0.0553. The largest absolute Gasteiger partial charge is 0.439 e. The minimum absolute atomic E-state index is 0.217. The molecule has 0 aromatic rings. The highest BCUT2D eigenvalue weighted by Gasteiger charge is 2.37. The Morgan fingerprint density at radius 3 is 2.44 bits per heavy atom. The Hall–Kier alpha value is -0.190. The van der Waals surface area contributed by atoms with Gasteiger partial charge in [0, 0.05) is 5.75 Å². The molecule has 9 heavy (non-hydrogen) atoms. The second-order valence-electron chi connectivity index (χ2n) is 1.36. The van der Waals surface area contributed by atoms with E-state index < -0.39 is 11.2 Å². The van der Waals surface area contributed by atoms with E-state index in [1.54, 1.807) is 0 Å². The Morgan fingerprint density at radius 2 is 2.22 bits per heavy atom. The van der Waals surface area contributed by atoms with Crippen LogP contribution in [0.1, 0.15) is 0 Å². The molecule has 1 nitrogen and oxygen atoms in total. The van der Waals surface area contributed by atoms with E-state index in [4.69, 9.17) is 0 Å². The maximum Gasteiger partial charge on any atom is 0.439 e. The minimum Gasteiger partial charge on any atom is -0.261 e. The zero-order valence-electron chi connectivity index (χ0n) is 4.20. The Kier molecular flexibility index (Phi) is 1.70. The van der Waals surface area contributed by atoms with Crippen molar-refractivity contribution in [3.05, 3.63) is 6.54 Å². The van der Waals surface area contributed by atoms with Gasteiger partial charge in [0.1, 0.15) is 6.54 Å². The summed E-state index contributed by atoms with van der Waals surface area (Å²) in [6, 6.07) is 0. The molecule has 0 atom stereocenters. The topological polar surface area (TPSA) is 12.4 Å². The molecule has 1 rings (SSSR count). The molecule has 0 spiro atoms. The van der Waals surface area contributed by atoms with Crippen LogP contribution in [0.5, 0.6) is 0 Å². The number of nitrogens with zero attached hydrogens (tertiary/aromatic N) is 1. The van der Waals surface area contributed by atoms with E-state index in [1.807, 2.05) is 0 Å². The van der Waals surface area contributed by atoms with Crippen LogP contribution in [-0.2, 0) is 0 Å². The van der Waals surface area contributed by atoms with E-state index in [9.17, 15) is 13.2 Å². The monoisotopic (exact) mass is 153 g/mol. The van der Waals surface area contributed by atoms with Crippen LogP contribution >= 0.6 is 11.8 Å². The van der Waals surface area contributed by atoms with E-state index in [2.05, 4.69) is 11.5 Å². The molecule has 0 unspecified atom stereocenters. The number of hydrogen-bond acceptors (Lipinski definition) is 2. The van der Waals surface area contributed by atoms with Gasteiger partial charge in [0.2, 0.25) is 0 Å². The third-order valence-electron chi connectivity index (χ3n) is 0.697. The van der Waals surface area contributed by atoms with Crippen molar-refractivity contribution in [1.29, 1.82) is 0 Å². The molecule has 0 N–H and O–H groups in total. The summed E-state index contributed by atoms with van der Waals surface area (Å²) >= 11 is 0.663. The average molecular weight is 153 g/mol. The second-order valence-corrected chi connectivity index (χ2v) is 2.33. The van der Waals surface area contributed by atoms with Gasteiger partial charge in [-0.15, -0.1) is 0 Å². The highest BCUT2D eigenvalue weighted by atomic mass is 32.2. The molecule has 2 radical (unpaired) electrons. The van der Waals surface area contributed by atoms with Crippen molar-refractivity contribution in [2.75, 3.05) is 5.75 Å². The van der Waals surface area contributed by atoms with Gasteiger partial charge >= 0.3 is 6.18 Å². The number of aliphatic imine (C=N–C) groups is 1. The molecular formula is C4H2F3NS. The number of rotatable bonds is 0. The summed E-state index contributed by atoms with van der Waals surface area (Å²) in [7, 11) is 0. The SMILES string of the molecule is FC(F)(F)C1=N[C]CS1. The summed E-state index contributed by atoms with van der Waals surface area (Å²) in [5.41, 5.74) is 0. The van der Waals surface area contributed by atoms with Crippen LogP contribution in [0, 0.1) is 6.54 Å². The summed E-state index contributed by atoms with van der Waals surface area (Å²) in [4.78, 5) is 3.01. The summed E-state index contributed by atoms with van der Waals surface area (Å²) in [5, 5.41) is -0.789. The molecule has 0 aliphatic carbocycles. The van der Waals surface area contributed by atoms with Gasteiger partial charge in [-0.1, -0.05) is 11.8 Å². The van der Waals surface area contributed by atoms with Crippen molar-refractivity contribution in [1.82, 2.24) is 0 Å². The lowest BCUT2D eigenvalue weighted by Crippen LogP contribution is -2.17. The van der Waals surface area contributed by atoms with Crippen molar-refractivity contribution >= 4 is 16.8 Å². The normalized spacial score (nSPS) is 20.1. The first kappa shape index (κ1) is 6.92. The van der Waals surface area contributed by atoms with E-state index in [-0.39, 0.29) is 5.75 Å². The molecule has 1 heterocycles. The number of halogens is 3. The molecule has 0 saturated carbocycles. The maximum absolute atomic E-state index is 11.6. The molecule has 0 bridgehead atoms. The molecule has 0 aromatic carbocycles. The number of hydrogen-bond donors (Lipinski definition) is 0. The fourth-order valence-electron chi connectivity index (χ4n) is 0.382. The fourth-order valence-corrected chi connectivity index (χ4v) is 0.941. The molecule has 5 heteroatoms. The fraction of sp³-hybridized carbons (Fsp3) is 0.500. The number of thioether (sulfide) groups is 1. The highest BCUT2D eigenvalue weighted by Crippen LogP contribution is 2.29. The summed E-state index contributed by atoms with van der Waals surface area (Å²) in [6.07, 6.45) is -4.27. The van der Waals surface area contributed by atoms with Crippen LogP contribution < -0.4 is 0 Å². The predicted molar refractivity (Wildman–Crippen MR) is 29.2 cm³/mol. The van der Waals surface area contributed by atoms with Crippen LogP contribution in [0.3, 0.4) is 0 Å². The second kappa shape index (κ2) is 2.21. The standard InChI is InChI=1S/C4H2F3NS/c5-4(6,7)3-8-1-2-9-3/h2H2. The van der Waals surface area contributed by atoms with Crippen molar-refractivity contribution in [3.8, 4) is 0 Å². The van der Waals surface area contributed by atoms with Crippen LogP contribution in [0.15, 0.2) is 4.99 Å². The summed E-state index contributed by atoms with van der Waals surface area (Å²) < 4.78 is 34.7. The molecule has 50 valence electrons. The maximum atomic E-state index is 11.6. The van der Waals surface area contributed by atoms with Gasteiger partial charge in [-0.3, -0.25) is 4.99 Å². The lowest BCUT2D eigenvalue weighted by atomic mass is 10.7. The van der Waals surface area contributed by atoms with Gasteiger partial charge < -0.3 is 0 Å². The zero-order chi connectivity index (χ0) is 6.91. The van der Waals surface area contributed by atoms with Crippen molar-refractivity contribution in [3.63, 3.8) is 0 Å². The summed E-state index contributed by atoms with van der Waals surface area (Å²) in [5.74, 6) is 0.217. The number of alkyl halides is 3. The first-order chi connectivity index (χ1) is 4.11. The van der Waals surface area contributed by atoms with Crippen molar-refractivity contribution < 1.29 is 13.2 Å². The molecule has 0 aromatic heterocycles. The third-order valence-corrected chi connectivity index (χ3v) is 1.57. The van der Waals surface area contributed by atoms with Gasteiger partial charge in [0.25, 0.3) is 0 Å². The Labute approximate surface area is 54.3 Å². The first-order valence-electron chi connectivity index (χ1n) is 2.11. The van der Waals surface area contributed by atoms with E-state index >= 15 is 0 Å². The van der Waals surface area contributed by atoms with Gasteiger partial charge in [0.15, 0.2) is 5.04 Å². The average Bonchev–Trinajstić information content (AvgIpc) is 2.08. The van der Waals surface area contributed by atoms with E-state index in [1.165, 1.54) is 0 Å². The molecule has 1 aliphatic rings. The quantitative estimate of drug-likeness (QED) is 0.516. The first-order valence-corrected chi connectivity index (χ1v) is 3.10. The van der Waals surface area contributed by atoms with E-state index in [0.717, 1.165) is 0 Å². The van der Waals surface area contributed by atoms with Gasteiger partial charge in [0.05, 0.1) is 0 Å². The Morgan fingerprint density at radius 1 is 1.56 bits per heavy atom. The molecular weight excluding hydrogens is 151 g/mol. The van der Waals surface area contributed by atoms with Crippen LogP contribution in [0.25, 0.3) is 0 Å². The molecule has 0 saturated heterocycles. The van der Waals surface area contributed by atoms with Crippen molar-refractivity contribution in [2.24, 2.45) is 4.99 Å². The van der Waals surface area contributed by atoms with Gasteiger partial charge in [-0.25, -0.2) is 0 Å². The molecule has 0 fully saturated rings. The lowest BCUT2D eigenvalue weighted by Gasteiger charge is -2.01. The summed E-state index contributed by atoms with van der Waals surface area (Å²) in [6.45, 7) is 2.21. The van der Waals surface area contributed by atoms with E-state index in [0.29, 0.717) is 11.8 Å². The van der Waals surface area contributed by atoms with Crippen LogP contribution in [0.4, 0.5) is 13.2 Å². The minimum atomic E-state index is -4.27. The zero-order valence-corrected chi connectivity index (χ0v) is 5.01. The third kappa shape index (κ3) is 1.61. The Bertz CT molecular complexity index is 139. The van der Waals surface area contributed by atoms with Crippen molar-refractivity contribution in [2.45, 2.75) is 6.18 Å².